The highest BCUT2D eigenvalue weighted by atomic mass is 16.5. The lowest BCUT2D eigenvalue weighted by Gasteiger charge is -2.39. The fourth-order valence-electron chi connectivity index (χ4n) is 2.70. The summed E-state index contributed by atoms with van der Waals surface area (Å²) in [6, 6.07) is 8.26. The van der Waals surface area contributed by atoms with E-state index in [1.54, 1.807) is 0 Å². The van der Waals surface area contributed by atoms with Gasteiger partial charge in [-0.3, -0.25) is 0 Å². The van der Waals surface area contributed by atoms with Gasteiger partial charge < -0.3 is 14.8 Å². The van der Waals surface area contributed by atoms with Crippen LogP contribution in [0.5, 0.6) is 5.75 Å². The van der Waals surface area contributed by atoms with Crippen molar-refractivity contribution < 1.29 is 9.47 Å². The highest BCUT2D eigenvalue weighted by molar-refractivity contribution is 5.29. The molecule has 1 aromatic rings. The maximum absolute atomic E-state index is 6.30. The van der Waals surface area contributed by atoms with Gasteiger partial charge in [-0.25, -0.2) is 0 Å². The number of ether oxygens (including phenoxy) is 2. The van der Waals surface area contributed by atoms with Crippen molar-refractivity contribution in [3.63, 3.8) is 0 Å². The predicted molar refractivity (Wildman–Crippen MR) is 77.6 cm³/mol. The van der Waals surface area contributed by atoms with Crippen molar-refractivity contribution in [1.29, 1.82) is 0 Å². The van der Waals surface area contributed by atoms with Crippen LogP contribution >= 0.6 is 0 Å². The molecular formula is C16H25NO2. The van der Waals surface area contributed by atoms with E-state index < -0.39 is 0 Å². The molecule has 2 atom stereocenters. The van der Waals surface area contributed by atoms with E-state index in [0.717, 1.165) is 31.7 Å². The van der Waals surface area contributed by atoms with Crippen molar-refractivity contribution in [2.45, 2.75) is 45.3 Å². The van der Waals surface area contributed by atoms with Gasteiger partial charge >= 0.3 is 0 Å². The zero-order valence-electron chi connectivity index (χ0n) is 12.2. The van der Waals surface area contributed by atoms with Crippen LogP contribution in [-0.4, -0.2) is 25.3 Å². The van der Waals surface area contributed by atoms with Gasteiger partial charge in [-0.1, -0.05) is 25.5 Å². The summed E-state index contributed by atoms with van der Waals surface area (Å²) < 4.78 is 11.8. The fraction of sp³-hybridized carbons (Fsp3) is 0.625. The summed E-state index contributed by atoms with van der Waals surface area (Å²) in [5.74, 6) is 0.923. The van der Waals surface area contributed by atoms with Crippen molar-refractivity contribution in [2.24, 2.45) is 0 Å². The van der Waals surface area contributed by atoms with Crippen LogP contribution in [0.4, 0.5) is 0 Å². The summed E-state index contributed by atoms with van der Waals surface area (Å²) in [5.41, 5.74) is 1.17. The van der Waals surface area contributed by atoms with Gasteiger partial charge in [0.25, 0.3) is 0 Å². The van der Waals surface area contributed by atoms with E-state index in [9.17, 15) is 0 Å². The first-order valence-corrected chi connectivity index (χ1v) is 7.28. The lowest BCUT2D eigenvalue weighted by atomic mass is 9.96. The minimum atomic E-state index is -0.0454. The van der Waals surface area contributed by atoms with Crippen LogP contribution in [0.25, 0.3) is 0 Å². The Morgan fingerprint density at radius 2 is 2.05 bits per heavy atom. The van der Waals surface area contributed by atoms with Crippen LogP contribution < -0.4 is 10.1 Å². The van der Waals surface area contributed by atoms with Crippen molar-refractivity contribution in [3.05, 3.63) is 29.8 Å². The molecule has 0 amide bonds. The summed E-state index contributed by atoms with van der Waals surface area (Å²) in [7, 11) is 0. The summed E-state index contributed by atoms with van der Waals surface area (Å²) in [6.07, 6.45) is 2.38. The molecule has 1 saturated heterocycles. The molecule has 1 N–H and O–H groups in total. The first kappa shape index (κ1) is 14.4. The van der Waals surface area contributed by atoms with Crippen LogP contribution in [0.3, 0.4) is 0 Å². The van der Waals surface area contributed by atoms with Crippen LogP contribution in [0.15, 0.2) is 24.3 Å². The molecule has 106 valence electrons. The first-order chi connectivity index (χ1) is 9.17. The third kappa shape index (κ3) is 3.71. The summed E-state index contributed by atoms with van der Waals surface area (Å²) >= 11 is 0. The molecule has 19 heavy (non-hydrogen) atoms. The zero-order valence-corrected chi connectivity index (χ0v) is 12.2. The minimum absolute atomic E-state index is 0.0454. The standard InChI is InChI=1S/C16H25NO2/c1-4-10-16(3)12-17-11-15(19-16)13-6-8-14(9-7-13)18-5-2/h6-9,15,17H,4-5,10-12H2,1-3H3. The Morgan fingerprint density at radius 3 is 2.68 bits per heavy atom. The molecule has 1 aliphatic rings. The Labute approximate surface area is 116 Å². The van der Waals surface area contributed by atoms with Crippen molar-refractivity contribution >= 4 is 0 Å². The summed E-state index contributed by atoms with van der Waals surface area (Å²) in [4.78, 5) is 0. The molecule has 1 aromatic carbocycles. The molecule has 1 fully saturated rings. The molecule has 0 bridgehead atoms. The smallest absolute Gasteiger partial charge is 0.119 e. The topological polar surface area (TPSA) is 30.5 Å². The van der Waals surface area contributed by atoms with E-state index in [0.29, 0.717) is 6.61 Å². The average molecular weight is 263 g/mol. The molecular weight excluding hydrogens is 238 g/mol. The second-order valence-corrected chi connectivity index (χ2v) is 5.44. The van der Waals surface area contributed by atoms with E-state index in [1.165, 1.54) is 5.56 Å². The molecule has 3 heteroatoms. The Hall–Kier alpha value is -1.06. The Balaban J connectivity index is 2.04. The van der Waals surface area contributed by atoms with E-state index in [1.807, 2.05) is 19.1 Å². The molecule has 2 rings (SSSR count). The third-order valence-corrected chi connectivity index (χ3v) is 3.60. The molecule has 1 aliphatic heterocycles. The second-order valence-electron chi connectivity index (χ2n) is 5.44. The largest absolute Gasteiger partial charge is 0.494 e. The highest BCUT2D eigenvalue weighted by Crippen LogP contribution is 2.30. The van der Waals surface area contributed by atoms with Gasteiger partial charge in [0, 0.05) is 13.1 Å². The molecule has 0 saturated carbocycles. The van der Waals surface area contributed by atoms with Crippen LogP contribution in [-0.2, 0) is 4.74 Å². The van der Waals surface area contributed by atoms with Crippen LogP contribution in [0.1, 0.15) is 45.3 Å². The maximum Gasteiger partial charge on any atom is 0.119 e. The molecule has 0 aliphatic carbocycles. The highest BCUT2D eigenvalue weighted by Gasteiger charge is 2.32. The maximum atomic E-state index is 6.30. The minimum Gasteiger partial charge on any atom is -0.494 e. The molecule has 1 heterocycles. The average Bonchev–Trinajstić information content (AvgIpc) is 2.40. The summed E-state index contributed by atoms with van der Waals surface area (Å²) in [6.45, 7) is 8.93. The SMILES string of the molecule is CCCC1(C)CNCC(c2ccc(OCC)cc2)O1. The first-order valence-electron chi connectivity index (χ1n) is 7.28. The molecule has 0 radical (unpaired) electrons. The van der Waals surface area contributed by atoms with Crippen molar-refractivity contribution in [1.82, 2.24) is 5.32 Å². The lowest BCUT2D eigenvalue weighted by molar-refractivity contribution is -0.112. The van der Waals surface area contributed by atoms with Gasteiger partial charge in [0.15, 0.2) is 0 Å². The molecule has 3 nitrogen and oxygen atoms in total. The number of hydrogen-bond acceptors (Lipinski definition) is 3. The van der Waals surface area contributed by atoms with E-state index in [4.69, 9.17) is 9.47 Å². The van der Waals surface area contributed by atoms with E-state index in [-0.39, 0.29) is 11.7 Å². The number of benzene rings is 1. The van der Waals surface area contributed by atoms with Gasteiger partial charge in [0.05, 0.1) is 18.3 Å². The van der Waals surface area contributed by atoms with Crippen LogP contribution in [0.2, 0.25) is 0 Å². The Morgan fingerprint density at radius 1 is 1.32 bits per heavy atom. The van der Waals surface area contributed by atoms with Gasteiger partial charge in [0.1, 0.15) is 5.75 Å². The Bertz CT molecular complexity index is 386. The second kappa shape index (κ2) is 6.40. The monoisotopic (exact) mass is 263 g/mol. The van der Waals surface area contributed by atoms with E-state index in [2.05, 4.69) is 31.3 Å². The normalized spacial score (nSPS) is 27.2. The number of morpholine rings is 1. The number of nitrogens with one attached hydrogen (secondary N) is 1. The lowest BCUT2D eigenvalue weighted by Crippen LogP contribution is -2.48. The Kier molecular flexibility index (Phi) is 4.83. The predicted octanol–water partition coefficient (Wildman–Crippen LogP) is 3.31. The van der Waals surface area contributed by atoms with Crippen molar-refractivity contribution in [2.75, 3.05) is 19.7 Å². The summed E-state index contributed by atoms with van der Waals surface area (Å²) in [5, 5.41) is 3.49. The van der Waals surface area contributed by atoms with Crippen LogP contribution in [0, 0.1) is 0 Å². The fourth-order valence-corrected chi connectivity index (χ4v) is 2.70. The molecule has 2 unspecified atom stereocenters. The van der Waals surface area contributed by atoms with Crippen molar-refractivity contribution in [3.8, 4) is 5.75 Å². The quantitative estimate of drug-likeness (QED) is 0.884. The number of rotatable bonds is 5. The zero-order chi connectivity index (χ0) is 13.7. The molecule has 0 spiro atoms. The van der Waals surface area contributed by atoms with E-state index >= 15 is 0 Å². The van der Waals surface area contributed by atoms with Gasteiger partial charge in [-0.2, -0.15) is 0 Å². The van der Waals surface area contributed by atoms with Gasteiger partial charge in [-0.05, 0) is 38.0 Å². The number of hydrogen-bond donors (Lipinski definition) is 1. The van der Waals surface area contributed by atoms with Gasteiger partial charge in [-0.15, -0.1) is 0 Å². The third-order valence-electron chi connectivity index (χ3n) is 3.60. The van der Waals surface area contributed by atoms with Gasteiger partial charge in [0.2, 0.25) is 0 Å². The molecule has 0 aromatic heterocycles.